The van der Waals surface area contributed by atoms with Gasteiger partial charge in [0, 0.05) is 42.9 Å². The molecule has 1 aliphatic carbocycles. The van der Waals surface area contributed by atoms with Crippen LogP contribution in [0.4, 0.5) is 0 Å². The van der Waals surface area contributed by atoms with Crippen molar-refractivity contribution >= 4 is 11.6 Å². The molecule has 5 rings (SSSR count). The third-order valence-electron chi connectivity index (χ3n) is 5.87. The second-order valence-electron chi connectivity index (χ2n) is 7.52. The molecule has 0 unspecified atom stereocenters. The summed E-state index contributed by atoms with van der Waals surface area (Å²) in [5, 5.41) is 13.5. The molecule has 0 bridgehead atoms. The van der Waals surface area contributed by atoms with Gasteiger partial charge in [-0.25, -0.2) is 0 Å². The monoisotopic (exact) mass is 362 g/mol. The number of carbonyl (C=O) groups is 1. The van der Waals surface area contributed by atoms with Crippen LogP contribution in [0.2, 0.25) is 0 Å². The Morgan fingerprint density at radius 3 is 2.59 bits per heavy atom. The molecule has 2 fully saturated rings. The summed E-state index contributed by atoms with van der Waals surface area (Å²) in [6, 6.07) is 7.80. The Morgan fingerprint density at radius 2 is 1.89 bits per heavy atom. The van der Waals surface area contributed by atoms with Crippen LogP contribution < -0.4 is 0 Å². The third-order valence-corrected chi connectivity index (χ3v) is 5.87. The van der Waals surface area contributed by atoms with Crippen LogP contribution in [0.1, 0.15) is 43.8 Å². The topological polar surface area (TPSA) is 76.3 Å². The molecule has 0 radical (unpaired) electrons. The number of likely N-dealkylation sites (tertiary alicyclic amines) is 1. The molecule has 0 atom stereocenters. The van der Waals surface area contributed by atoms with Crippen LogP contribution in [0.25, 0.3) is 16.9 Å². The maximum Gasteiger partial charge on any atom is 0.225 e. The molecular weight excluding hydrogens is 340 g/mol. The largest absolute Gasteiger partial charge is 0.342 e. The number of pyridine rings is 1. The van der Waals surface area contributed by atoms with Crippen molar-refractivity contribution in [3.63, 3.8) is 0 Å². The lowest BCUT2D eigenvalue weighted by Gasteiger charge is -2.36. The number of fused-ring (bicyclic) bond motifs is 1. The van der Waals surface area contributed by atoms with Gasteiger partial charge in [-0.3, -0.25) is 9.78 Å². The van der Waals surface area contributed by atoms with Crippen molar-refractivity contribution in [1.29, 1.82) is 0 Å². The number of hydrogen-bond acceptors (Lipinski definition) is 5. The molecule has 4 heterocycles. The standard InChI is InChI=1S/C20H22N6O/c27-20(15-3-1-4-15)25-11-8-14(9-12-25)19-23-22-18-7-6-17(24-26(18)19)16-5-2-10-21-13-16/h2,5-7,10,13-15H,1,3-4,8-9,11-12H2. The lowest BCUT2D eigenvalue weighted by molar-refractivity contribution is -0.139. The zero-order chi connectivity index (χ0) is 18.2. The van der Waals surface area contributed by atoms with Gasteiger partial charge in [-0.1, -0.05) is 6.42 Å². The molecule has 3 aromatic rings. The highest BCUT2D eigenvalue weighted by Crippen LogP contribution is 2.32. The smallest absolute Gasteiger partial charge is 0.225 e. The Morgan fingerprint density at radius 1 is 1.04 bits per heavy atom. The van der Waals surface area contributed by atoms with Gasteiger partial charge in [0.25, 0.3) is 0 Å². The molecule has 1 aliphatic heterocycles. The Bertz CT molecular complexity index is 957. The van der Waals surface area contributed by atoms with Crippen molar-refractivity contribution in [2.45, 2.75) is 38.0 Å². The second-order valence-corrected chi connectivity index (χ2v) is 7.52. The van der Waals surface area contributed by atoms with Gasteiger partial charge in [0.2, 0.25) is 5.91 Å². The summed E-state index contributed by atoms with van der Waals surface area (Å²) in [5.74, 6) is 1.80. The van der Waals surface area contributed by atoms with E-state index in [-0.39, 0.29) is 11.8 Å². The SMILES string of the molecule is O=C(C1CCC1)N1CCC(c2nnc3ccc(-c4cccnc4)nn23)CC1. The van der Waals surface area contributed by atoms with Gasteiger partial charge < -0.3 is 4.90 Å². The number of piperidine rings is 1. The summed E-state index contributed by atoms with van der Waals surface area (Å²) >= 11 is 0. The van der Waals surface area contributed by atoms with Gasteiger partial charge in [-0.05, 0) is 49.9 Å². The van der Waals surface area contributed by atoms with Gasteiger partial charge in [-0.15, -0.1) is 10.2 Å². The highest BCUT2D eigenvalue weighted by molar-refractivity contribution is 5.79. The van der Waals surface area contributed by atoms with Gasteiger partial charge in [0.05, 0.1) is 5.69 Å². The summed E-state index contributed by atoms with van der Waals surface area (Å²) in [5.41, 5.74) is 2.58. The fourth-order valence-electron chi connectivity index (χ4n) is 4.00. The van der Waals surface area contributed by atoms with Crippen LogP contribution in [-0.4, -0.2) is 48.7 Å². The van der Waals surface area contributed by atoms with Crippen LogP contribution in [0.5, 0.6) is 0 Å². The van der Waals surface area contributed by atoms with E-state index >= 15 is 0 Å². The zero-order valence-electron chi connectivity index (χ0n) is 15.2. The van der Waals surface area contributed by atoms with Crippen LogP contribution in [0.3, 0.4) is 0 Å². The van der Waals surface area contributed by atoms with E-state index in [0.717, 1.165) is 61.5 Å². The predicted octanol–water partition coefficient (Wildman–Crippen LogP) is 2.69. The number of hydrogen-bond donors (Lipinski definition) is 0. The molecule has 1 saturated carbocycles. The van der Waals surface area contributed by atoms with Crippen LogP contribution in [0, 0.1) is 5.92 Å². The highest BCUT2D eigenvalue weighted by atomic mass is 16.2. The summed E-state index contributed by atoms with van der Waals surface area (Å²) in [4.78, 5) is 18.7. The molecule has 1 amide bonds. The van der Waals surface area contributed by atoms with E-state index in [4.69, 9.17) is 5.10 Å². The molecule has 0 spiro atoms. The molecule has 0 N–H and O–H groups in total. The van der Waals surface area contributed by atoms with Crippen LogP contribution in [0.15, 0.2) is 36.7 Å². The number of rotatable bonds is 3. The zero-order valence-corrected chi connectivity index (χ0v) is 15.2. The van der Waals surface area contributed by atoms with Crippen molar-refractivity contribution in [1.82, 2.24) is 29.7 Å². The van der Waals surface area contributed by atoms with Crippen molar-refractivity contribution in [3.05, 3.63) is 42.5 Å². The summed E-state index contributed by atoms with van der Waals surface area (Å²) in [6.07, 6.45) is 8.72. The molecule has 7 nitrogen and oxygen atoms in total. The second kappa shape index (κ2) is 6.72. The summed E-state index contributed by atoms with van der Waals surface area (Å²) < 4.78 is 1.86. The van der Waals surface area contributed by atoms with Crippen LogP contribution >= 0.6 is 0 Å². The first-order chi connectivity index (χ1) is 13.3. The lowest BCUT2D eigenvalue weighted by atomic mass is 9.83. The molecule has 138 valence electrons. The van der Waals surface area contributed by atoms with E-state index < -0.39 is 0 Å². The number of aromatic nitrogens is 5. The number of amides is 1. The van der Waals surface area contributed by atoms with E-state index in [1.54, 1.807) is 6.20 Å². The summed E-state index contributed by atoms with van der Waals surface area (Å²) in [6.45, 7) is 1.61. The van der Waals surface area contributed by atoms with Crippen molar-refractivity contribution < 1.29 is 4.79 Å². The van der Waals surface area contributed by atoms with E-state index in [2.05, 4.69) is 15.2 Å². The molecule has 1 saturated heterocycles. The Labute approximate surface area is 157 Å². The molecule has 7 heteroatoms. The minimum Gasteiger partial charge on any atom is -0.342 e. The molecule has 2 aliphatic rings. The van der Waals surface area contributed by atoms with Gasteiger partial charge in [0.1, 0.15) is 0 Å². The molecule has 3 aromatic heterocycles. The molecule has 0 aromatic carbocycles. The third kappa shape index (κ3) is 2.97. The average molecular weight is 362 g/mol. The minimum atomic E-state index is 0.277. The molecular formula is C20H22N6O. The first-order valence-electron chi connectivity index (χ1n) is 9.71. The normalized spacial score (nSPS) is 18.6. The van der Waals surface area contributed by atoms with Crippen molar-refractivity contribution in [2.24, 2.45) is 5.92 Å². The number of carbonyl (C=O) groups excluding carboxylic acids is 1. The van der Waals surface area contributed by atoms with E-state index in [0.29, 0.717) is 5.91 Å². The fraction of sp³-hybridized carbons (Fsp3) is 0.450. The highest BCUT2D eigenvalue weighted by Gasteiger charge is 2.33. The Kier molecular flexibility index (Phi) is 4.07. The van der Waals surface area contributed by atoms with Gasteiger partial charge in [0.15, 0.2) is 11.5 Å². The minimum absolute atomic E-state index is 0.277. The maximum atomic E-state index is 12.5. The predicted molar refractivity (Wildman–Crippen MR) is 99.9 cm³/mol. The van der Waals surface area contributed by atoms with Gasteiger partial charge >= 0.3 is 0 Å². The lowest BCUT2D eigenvalue weighted by Crippen LogP contribution is -2.43. The first kappa shape index (κ1) is 16.4. The maximum absolute atomic E-state index is 12.5. The summed E-state index contributed by atoms with van der Waals surface area (Å²) in [7, 11) is 0. The molecule has 27 heavy (non-hydrogen) atoms. The van der Waals surface area contributed by atoms with E-state index in [9.17, 15) is 4.79 Å². The Balaban J connectivity index is 1.37. The number of nitrogens with zero attached hydrogens (tertiary/aromatic N) is 6. The average Bonchev–Trinajstić information content (AvgIpc) is 3.10. The quantitative estimate of drug-likeness (QED) is 0.716. The fourth-order valence-corrected chi connectivity index (χ4v) is 4.00. The first-order valence-corrected chi connectivity index (χ1v) is 9.71. The van der Waals surface area contributed by atoms with E-state index in [1.165, 1.54) is 6.42 Å². The van der Waals surface area contributed by atoms with Crippen molar-refractivity contribution in [3.8, 4) is 11.3 Å². The van der Waals surface area contributed by atoms with E-state index in [1.807, 2.05) is 39.9 Å². The Hall–Kier alpha value is -2.83. The van der Waals surface area contributed by atoms with Crippen LogP contribution in [-0.2, 0) is 4.79 Å². The van der Waals surface area contributed by atoms with Crippen molar-refractivity contribution in [2.75, 3.05) is 13.1 Å². The van der Waals surface area contributed by atoms with Gasteiger partial charge in [-0.2, -0.15) is 9.61 Å².